The van der Waals surface area contributed by atoms with Crippen molar-refractivity contribution in [1.82, 2.24) is 5.32 Å². The van der Waals surface area contributed by atoms with Gasteiger partial charge in [0.15, 0.2) is 0 Å². The summed E-state index contributed by atoms with van der Waals surface area (Å²) in [6.07, 6.45) is 0.241. The summed E-state index contributed by atoms with van der Waals surface area (Å²) >= 11 is 0. The van der Waals surface area contributed by atoms with E-state index in [0.717, 1.165) is 13.1 Å². The molecule has 0 aliphatic carbocycles. The van der Waals surface area contributed by atoms with Gasteiger partial charge in [0.25, 0.3) is 0 Å². The molecule has 0 fully saturated rings. The van der Waals surface area contributed by atoms with Crippen LogP contribution in [0.4, 0.5) is 0 Å². The van der Waals surface area contributed by atoms with Crippen molar-refractivity contribution in [3.8, 4) is 0 Å². The van der Waals surface area contributed by atoms with Crippen LogP contribution in [0.5, 0.6) is 0 Å². The molecule has 1 unspecified atom stereocenters. The molecule has 0 aliphatic rings. The van der Waals surface area contributed by atoms with E-state index < -0.39 is 0 Å². The lowest BCUT2D eigenvalue weighted by atomic mass is 10.2. The first kappa shape index (κ1) is 15.8. The zero-order chi connectivity index (χ0) is 12.2. The molecule has 0 spiro atoms. The Morgan fingerprint density at radius 2 is 1.62 bits per heavy atom. The first-order valence-corrected chi connectivity index (χ1v) is 6.05. The molecule has 0 aromatic heterocycles. The molecule has 0 heterocycles. The minimum absolute atomic E-state index is 0.241. The van der Waals surface area contributed by atoms with Gasteiger partial charge in [0.05, 0.1) is 32.5 Å². The van der Waals surface area contributed by atoms with Gasteiger partial charge in [-0.2, -0.15) is 0 Å². The molecule has 0 bridgehead atoms. The third kappa shape index (κ3) is 11.9. The zero-order valence-corrected chi connectivity index (χ0v) is 11.1. The Balaban J connectivity index is 3.14. The quantitative estimate of drug-likeness (QED) is 0.546. The second-order valence-electron chi connectivity index (χ2n) is 4.34. The van der Waals surface area contributed by atoms with Crippen molar-refractivity contribution in [2.75, 3.05) is 46.6 Å². The minimum Gasteiger partial charge on any atom is -0.382 e. The van der Waals surface area contributed by atoms with E-state index >= 15 is 0 Å². The van der Waals surface area contributed by atoms with E-state index in [1.807, 2.05) is 0 Å². The molecule has 4 heteroatoms. The summed E-state index contributed by atoms with van der Waals surface area (Å²) < 4.78 is 15.7. The predicted molar refractivity (Wildman–Crippen MR) is 65.8 cm³/mol. The molecular formula is C12H27NO3. The van der Waals surface area contributed by atoms with Gasteiger partial charge in [0.1, 0.15) is 0 Å². The van der Waals surface area contributed by atoms with Gasteiger partial charge >= 0.3 is 0 Å². The molecule has 1 atom stereocenters. The van der Waals surface area contributed by atoms with E-state index in [1.54, 1.807) is 7.11 Å². The van der Waals surface area contributed by atoms with Gasteiger partial charge in [-0.1, -0.05) is 13.8 Å². The predicted octanol–water partition coefficient (Wildman–Crippen LogP) is 1.30. The van der Waals surface area contributed by atoms with Crippen LogP contribution >= 0.6 is 0 Å². The molecule has 0 radical (unpaired) electrons. The fraction of sp³-hybridized carbons (Fsp3) is 1.00. The van der Waals surface area contributed by atoms with Crippen molar-refractivity contribution >= 4 is 0 Å². The fourth-order valence-electron chi connectivity index (χ4n) is 1.19. The highest BCUT2D eigenvalue weighted by atomic mass is 16.5. The number of hydrogen-bond donors (Lipinski definition) is 1. The van der Waals surface area contributed by atoms with Crippen LogP contribution in [-0.2, 0) is 14.2 Å². The highest BCUT2D eigenvalue weighted by molar-refractivity contribution is 4.57. The topological polar surface area (TPSA) is 39.7 Å². The Morgan fingerprint density at radius 1 is 0.938 bits per heavy atom. The smallest absolute Gasteiger partial charge is 0.0704 e. The molecule has 98 valence electrons. The molecule has 0 amide bonds. The zero-order valence-electron chi connectivity index (χ0n) is 11.1. The number of rotatable bonds is 11. The third-order valence-corrected chi connectivity index (χ3v) is 2.05. The van der Waals surface area contributed by atoms with Gasteiger partial charge in [-0.3, -0.25) is 0 Å². The van der Waals surface area contributed by atoms with Crippen LogP contribution in [-0.4, -0.2) is 52.7 Å². The van der Waals surface area contributed by atoms with Crippen molar-refractivity contribution in [1.29, 1.82) is 0 Å². The normalized spacial score (nSPS) is 13.3. The van der Waals surface area contributed by atoms with Crippen molar-refractivity contribution in [3.63, 3.8) is 0 Å². The van der Waals surface area contributed by atoms with E-state index in [9.17, 15) is 0 Å². The summed E-state index contributed by atoms with van der Waals surface area (Å²) in [5.74, 6) is 0.685. The van der Waals surface area contributed by atoms with Gasteiger partial charge in [-0.15, -0.1) is 0 Å². The SMILES string of the molecule is COCCOCCOC(C)CNCC(C)C. The van der Waals surface area contributed by atoms with Crippen LogP contribution in [0.3, 0.4) is 0 Å². The van der Waals surface area contributed by atoms with Gasteiger partial charge in [0.2, 0.25) is 0 Å². The van der Waals surface area contributed by atoms with E-state index in [1.165, 1.54) is 0 Å². The van der Waals surface area contributed by atoms with E-state index in [2.05, 4.69) is 26.1 Å². The molecule has 0 saturated heterocycles. The van der Waals surface area contributed by atoms with Crippen LogP contribution < -0.4 is 5.32 Å². The average Bonchev–Trinajstić information content (AvgIpc) is 2.22. The maximum atomic E-state index is 5.58. The molecule has 16 heavy (non-hydrogen) atoms. The number of hydrogen-bond acceptors (Lipinski definition) is 4. The van der Waals surface area contributed by atoms with Crippen molar-refractivity contribution in [2.45, 2.75) is 26.9 Å². The van der Waals surface area contributed by atoms with Crippen LogP contribution in [0.25, 0.3) is 0 Å². The van der Waals surface area contributed by atoms with Crippen LogP contribution in [0, 0.1) is 5.92 Å². The van der Waals surface area contributed by atoms with E-state index in [-0.39, 0.29) is 6.10 Å². The van der Waals surface area contributed by atoms with Crippen molar-refractivity contribution in [3.05, 3.63) is 0 Å². The first-order chi connectivity index (χ1) is 7.66. The second-order valence-corrected chi connectivity index (χ2v) is 4.34. The van der Waals surface area contributed by atoms with Gasteiger partial charge in [-0.05, 0) is 19.4 Å². The summed E-state index contributed by atoms with van der Waals surface area (Å²) in [5, 5.41) is 3.36. The van der Waals surface area contributed by atoms with Crippen molar-refractivity contribution < 1.29 is 14.2 Å². The fourth-order valence-corrected chi connectivity index (χ4v) is 1.19. The molecule has 0 aromatic rings. The summed E-state index contributed by atoms with van der Waals surface area (Å²) in [6, 6.07) is 0. The number of nitrogens with one attached hydrogen (secondary N) is 1. The minimum atomic E-state index is 0.241. The first-order valence-electron chi connectivity index (χ1n) is 6.05. The molecule has 0 saturated carbocycles. The lowest BCUT2D eigenvalue weighted by Gasteiger charge is -2.15. The summed E-state index contributed by atoms with van der Waals surface area (Å²) in [4.78, 5) is 0. The highest BCUT2D eigenvalue weighted by Crippen LogP contribution is 1.91. The van der Waals surface area contributed by atoms with E-state index in [4.69, 9.17) is 14.2 Å². The average molecular weight is 233 g/mol. The third-order valence-electron chi connectivity index (χ3n) is 2.05. The van der Waals surface area contributed by atoms with Crippen LogP contribution in [0.2, 0.25) is 0 Å². The van der Waals surface area contributed by atoms with Gasteiger partial charge < -0.3 is 19.5 Å². The van der Waals surface area contributed by atoms with Gasteiger partial charge in [0, 0.05) is 13.7 Å². The highest BCUT2D eigenvalue weighted by Gasteiger charge is 2.01. The summed E-state index contributed by atoms with van der Waals surface area (Å²) in [5.41, 5.74) is 0. The van der Waals surface area contributed by atoms with Crippen LogP contribution in [0.15, 0.2) is 0 Å². The largest absolute Gasteiger partial charge is 0.382 e. The molecule has 0 aliphatic heterocycles. The Morgan fingerprint density at radius 3 is 2.25 bits per heavy atom. The Bertz CT molecular complexity index is 142. The Kier molecular flexibility index (Phi) is 11.2. The molecule has 1 N–H and O–H groups in total. The van der Waals surface area contributed by atoms with Gasteiger partial charge in [-0.25, -0.2) is 0 Å². The lowest BCUT2D eigenvalue weighted by molar-refractivity contribution is -0.0000180. The van der Waals surface area contributed by atoms with Crippen LogP contribution in [0.1, 0.15) is 20.8 Å². The molecular weight excluding hydrogens is 206 g/mol. The molecule has 0 rings (SSSR count). The maximum absolute atomic E-state index is 5.58. The lowest BCUT2D eigenvalue weighted by Crippen LogP contribution is -2.30. The monoisotopic (exact) mass is 233 g/mol. The maximum Gasteiger partial charge on any atom is 0.0704 e. The van der Waals surface area contributed by atoms with Crippen molar-refractivity contribution in [2.24, 2.45) is 5.92 Å². The van der Waals surface area contributed by atoms with E-state index in [0.29, 0.717) is 32.3 Å². The number of ether oxygens (including phenoxy) is 3. The summed E-state index contributed by atoms with van der Waals surface area (Å²) in [6.45, 7) is 11.0. The second kappa shape index (κ2) is 11.3. The number of methoxy groups -OCH3 is 1. The summed E-state index contributed by atoms with van der Waals surface area (Å²) in [7, 11) is 1.67. The Labute approximate surface area is 99.6 Å². The Hall–Kier alpha value is -0.160. The molecule has 4 nitrogen and oxygen atoms in total. The molecule has 0 aromatic carbocycles. The standard InChI is InChI=1S/C12H27NO3/c1-11(2)9-13-10-12(3)16-8-7-15-6-5-14-4/h11-13H,5-10H2,1-4H3.